The molecule has 1 aliphatic rings. The van der Waals surface area contributed by atoms with Gasteiger partial charge in [0.1, 0.15) is 5.52 Å². The van der Waals surface area contributed by atoms with Gasteiger partial charge in [-0.2, -0.15) is 0 Å². The maximum absolute atomic E-state index is 12.2. The number of pyridine rings is 1. The highest BCUT2D eigenvalue weighted by Crippen LogP contribution is 2.24. The molecule has 3 rings (SSSR count). The molecule has 0 aliphatic carbocycles. The van der Waals surface area contributed by atoms with Crippen molar-refractivity contribution in [2.24, 2.45) is 0 Å². The van der Waals surface area contributed by atoms with Gasteiger partial charge in [-0.1, -0.05) is 0 Å². The molecule has 6 nitrogen and oxygen atoms in total. The van der Waals surface area contributed by atoms with E-state index in [1.807, 2.05) is 6.92 Å². The van der Waals surface area contributed by atoms with Crippen molar-refractivity contribution in [3.8, 4) is 0 Å². The van der Waals surface area contributed by atoms with Crippen LogP contribution in [0.15, 0.2) is 22.6 Å². The largest absolute Gasteiger partial charge is 0.449 e. The van der Waals surface area contributed by atoms with Crippen LogP contribution in [0.25, 0.3) is 11.1 Å². The molecule has 0 aromatic carbocycles. The molecule has 1 aliphatic heterocycles. The van der Waals surface area contributed by atoms with E-state index in [-0.39, 0.29) is 17.3 Å². The van der Waals surface area contributed by atoms with Gasteiger partial charge < -0.3 is 9.73 Å². The van der Waals surface area contributed by atoms with Gasteiger partial charge in [0.25, 0.3) is 5.91 Å². The van der Waals surface area contributed by atoms with Crippen LogP contribution in [0.3, 0.4) is 0 Å². The number of aryl methyl sites for hydroxylation is 1. The Bertz CT molecular complexity index is 825. The summed E-state index contributed by atoms with van der Waals surface area (Å²) >= 11 is 0. The van der Waals surface area contributed by atoms with E-state index in [4.69, 9.17) is 4.42 Å². The number of hydrogen-bond donors (Lipinski definition) is 1. The van der Waals surface area contributed by atoms with Crippen LogP contribution in [-0.2, 0) is 9.84 Å². The Hall–Kier alpha value is -1.89. The molecule has 2 aromatic heterocycles. The zero-order valence-electron chi connectivity index (χ0n) is 11.8. The molecule has 1 amide bonds. The summed E-state index contributed by atoms with van der Waals surface area (Å²) < 4.78 is 28.6. The number of nitrogens with zero attached hydrogens (tertiary/aromatic N) is 1. The Balaban J connectivity index is 1.84. The Kier molecular flexibility index (Phi) is 3.05. The maximum atomic E-state index is 12.2. The number of carbonyl (C=O) groups is 1. The first-order valence-electron chi connectivity index (χ1n) is 6.67. The minimum atomic E-state index is -3.07. The zero-order valence-corrected chi connectivity index (χ0v) is 12.7. The molecule has 112 valence electrons. The SMILES string of the molecule is Cc1ccc2oc(C(=O)NC3(C)CCS(=O)(=O)C3)cc2n1. The van der Waals surface area contributed by atoms with E-state index in [2.05, 4.69) is 10.3 Å². The maximum Gasteiger partial charge on any atom is 0.287 e. The van der Waals surface area contributed by atoms with Crippen LogP contribution in [0.1, 0.15) is 29.6 Å². The molecule has 1 saturated heterocycles. The van der Waals surface area contributed by atoms with Crippen LogP contribution in [0.2, 0.25) is 0 Å². The molecule has 21 heavy (non-hydrogen) atoms. The van der Waals surface area contributed by atoms with Crippen LogP contribution in [0, 0.1) is 6.92 Å². The lowest BCUT2D eigenvalue weighted by molar-refractivity contribution is 0.0889. The van der Waals surface area contributed by atoms with E-state index < -0.39 is 21.3 Å². The Morgan fingerprint density at radius 2 is 2.19 bits per heavy atom. The molecular weight excluding hydrogens is 292 g/mol. The van der Waals surface area contributed by atoms with Gasteiger partial charge >= 0.3 is 0 Å². The minimum Gasteiger partial charge on any atom is -0.449 e. The molecule has 1 fully saturated rings. The van der Waals surface area contributed by atoms with Gasteiger partial charge in [0, 0.05) is 11.8 Å². The molecule has 1 N–H and O–H groups in total. The summed E-state index contributed by atoms with van der Waals surface area (Å²) in [5.41, 5.74) is 1.25. The van der Waals surface area contributed by atoms with Crippen LogP contribution in [0.5, 0.6) is 0 Å². The normalized spacial score (nSPS) is 24.3. The summed E-state index contributed by atoms with van der Waals surface area (Å²) in [5.74, 6) is -0.201. The van der Waals surface area contributed by atoms with E-state index in [0.717, 1.165) is 5.69 Å². The monoisotopic (exact) mass is 308 g/mol. The van der Waals surface area contributed by atoms with Crippen molar-refractivity contribution in [2.45, 2.75) is 25.8 Å². The number of furan rings is 1. The van der Waals surface area contributed by atoms with Gasteiger partial charge in [-0.15, -0.1) is 0 Å². The highest BCUT2D eigenvalue weighted by molar-refractivity contribution is 7.91. The molecular formula is C14H16N2O4S. The summed E-state index contributed by atoms with van der Waals surface area (Å²) in [5, 5.41) is 2.76. The highest BCUT2D eigenvalue weighted by Gasteiger charge is 2.40. The zero-order chi connectivity index (χ0) is 15.3. The average Bonchev–Trinajstić information content (AvgIpc) is 2.90. The van der Waals surface area contributed by atoms with Gasteiger partial charge in [0.15, 0.2) is 21.2 Å². The molecule has 0 bridgehead atoms. The van der Waals surface area contributed by atoms with Crippen LogP contribution >= 0.6 is 0 Å². The standard InChI is InChI=1S/C14H16N2O4S/c1-9-3-4-11-10(15-9)7-12(20-11)13(17)16-14(2)5-6-21(18,19)8-14/h3-4,7H,5-6,8H2,1-2H3,(H,16,17). The average molecular weight is 308 g/mol. The molecule has 1 unspecified atom stereocenters. The number of sulfone groups is 1. The Morgan fingerprint density at radius 1 is 1.43 bits per heavy atom. The molecule has 0 radical (unpaired) electrons. The van der Waals surface area contributed by atoms with Crippen LogP contribution in [0.4, 0.5) is 0 Å². The van der Waals surface area contributed by atoms with Crippen molar-refractivity contribution in [2.75, 3.05) is 11.5 Å². The summed E-state index contributed by atoms with van der Waals surface area (Å²) in [7, 11) is -3.07. The second-order valence-corrected chi connectivity index (χ2v) is 7.99. The highest BCUT2D eigenvalue weighted by atomic mass is 32.2. The fourth-order valence-corrected chi connectivity index (χ4v) is 4.68. The minimum absolute atomic E-state index is 0.0384. The third-order valence-electron chi connectivity index (χ3n) is 3.66. The van der Waals surface area contributed by atoms with Gasteiger partial charge in [0.2, 0.25) is 0 Å². The Labute approximate surface area is 122 Å². The second kappa shape index (κ2) is 4.56. The van der Waals surface area contributed by atoms with E-state index in [9.17, 15) is 13.2 Å². The van der Waals surface area contributed by atoms with E-state index in [1.54, 1.807) is 25.1 Å². The summed E-state index contributed by atoms with van der Waals surface area (Å²) in [4.78, 5) is 16.5. The van der Waals surface area contributed by atoms with Crippen LogP contribution < -0.4 is 5.32 Å². The quantitative estimate of drug-likeness (QED) is 0.907. The fraction of sp³-hybridized carbons (Fsp3) is 0.429. The first-order valence-corrected chi connectivity index (χ1v) is 8.49. The van der Waals surface area contributed by atoms with Crippen molar-refractivity contribution >= 4 is 26.8 Å². The lowest BCUT2D eigenvalue weighted by Crippen LogP contribution is -2.46. The molecule has 0 spiro atoms. The van der Waals surface area contributed by atoms with Crippen molar-refractivity contribution in [1.29, 1.82) is 0 Å². The van der Waals surface area contributed by atoms with Crippen molar-refractivity contribution in [3.05, 3.63) is 29.7 Å². The van der Waals surface area contributed by atoms with Crippen LogP contribution in [-0.4, -0.2) is 36.4 Å². The third-order valence-corrected chi connectivity index (χ3v) is 5.56. The number of carbonyl (C=O) groups excluding carboxylic acids is 1. The molecule has 2 aromatic rings. The lowest BCUT2D eigenvalue weighted by Gasteiger charge is -2.22. The van der Waals surface area contributed by atoms with Gasteiger partial charge in [-0.25, -0.2) is 13.4 Å². The van der Waals surface area contributed by atoms with Gasteiger partial charge in [0.05, 0.1) is 17.0 Å². The first kappa shape index (κ1) is 14.1. The molecule has 0 saturated carbocycles. The van der Waals surface area contributed by atoms with E-state index >= 15 is 0 Å². The molecule has 7 heteroatoms. The van der Waals surface area contributed by atoms with Crippen molar-refractivity contribution in [3.63, 3.8) is 0 Å². The van der Waals surface area contributed by atoms with E-state index in [0.29, 0.717) is 17.5 Å². The smallest absolute Gasteiger partial charge is 0.287 e. The second-order valence-electron chi connectivity index (χ2n) is 5.80. The lowest BCUT2D eigenvalue weighted by atomic mass is 10.0. The first-order chi connectivity index (χ1) is 9.76. The van der Waals surface area contributed by atoms with Gasteiger partial charge in [-0.05, 0) is 32.4 Å². The molecule has 1 atom stereocenters. The van der Waals surface area contributed by atoms with Gasteiger partial charge in [-0.3, -0.25) is 4.79 Å². The number of amides is 1. The number of rotatable bonds is 2. The van der Waals surface area contributed by atoms with Crippen molar-refractivity contribution < 1.29 is 17.6 Å². The summed E-state index contributed by atoms with van der Waals surface area (Å²) in [6.45, 7) is 3.59. The third kappa shape index (κ3) is 2.78. The predicted molar refractivity (Wildman–Crippen MR) is 77.9 cm³/mol. The Morgan fingerprint density at radius 3 is 2.86 bits per heavy atom. The fourth-order valence-electron chi connectivity index (χ4n) is 2.58. The van der Waals surface area contributed by atoms with E-state index in [1.165, 1.54) is 0 Å². The number of aromatic nitrogens is 1. The topological polar surface area (TPSA) is 89.3 Å². The van der Waals surface area contributed by atoms with Crippen molar-refractivity contribution in [1.82, 2.24) is 10.3 Å². The number of nitrogens with one attached hydrogen (secondary N) is 1. The number of hydrogen-bond acceptors (Lipinski definition) is 5. The number of fused-ring (bicyclic) bond motifs is 1. The predicted octanol–water partition coefficient (Wildman–Crippen LogP) is 1.44. The molecule has 3 heterocycles. The summed E-state index contributed by atoms with van der Waals surface area (Å²) in [6, 6.07) is 5.14. The summed E-state index contributed by atoms with van der Waals surface area (Å²) in [6.07, 6.45) is 0.415.